The number of benzene rings is 2. The standard InChI is InChI=1S/C25H32O4S2/c26-30(27,23-17-9-3-10-18-23)25(21-13-5-1-6-14-21,22-15-7-2-8-16-22)31(28,29)24-19-11-4-12-20-24/h1-2,5-8,13-16,23-24H,3-4,9-12,17-20H2. The molecule has 4 rings (SSSR count). The zero-order valence-electron chi connectivity index (χ0n) is 17.9. The van der Waals surface area contributed by atoms with Crippen LogP contribution in [0.5, 0.6) is 0 Å². The highest BCUT2D eigenvalue weighted by Crippen LogP contribution is 2.50. The van der Waals surface area contributed by atoms with Gasteiger partial charge in [-0.15, -0.1) is 0 Å². The highest BCUT2D eigenvalue weighted by atomic mass is 32.3. The van der Waals surface area contributed by atoms with Gasteiger partial charge in [0.05, 0.1) is 10.5 Å². The number of sulfone groups is 2. The van der Waals surface area contributed by atoms with E-state index >= 15 is 0 Å². The van der Waals surface area contributed by atoms with Gasteiger partial charge in [-0.25, -0.2) is 16.8 Å². The number of hydrogen-bond donors (Lipinski definition) is 0. The third kappa shape index (κ3) is 3.76. The Morgan fingerprint density at radius 2 is 0.839 bits per heavy atom. The summed E-state index contributed by atoms with van der Waals surface area (Å²) in [6.07, 6.45) is 7.44. The first-order valence-corrected chi connectivity index (χ1v) is 14.6. The molecular formula is C25H32O4S2. The van der Waals surface area contributed by atoms with Crippen molar-refractivity contribution >= 4 is 19.7 Å². The summed E-state index contributed by atoms with van der Waals surface area (Å²) in [4.78, 5) is 0. The maximum absolute atomic E-state index is 14.5. The first kappa shape index (κ1) is 22.5. The molecule has 0 bridgehead atoms. The molecule has 2 aromatic rings. The van der Waals surface area contributed by atoms with Crippen molar-refractivity contribution in [3.05, 3.63) is 71.8 Å². The Morgan fingerprint density at radius 1 is 0.516 bits per heavy atom. The van der Waals surface area contributed by atoms with E-state index in [2.05, 4.69) is 0 Å². The van der Waals surface area contributed by atoms with E-state index in [1.54, 1.807) is 60.7 Å². The van der Waals surface area contributed by atoms with Crippen molar-refractivity contribution < 1.29 is 16.8 Å². The minimum Gasteiger partial charge on any atom is -0.226 e. The monoisotopic (exact) mass is 460 g/mol. The molecule has 2 aliphatic carbocycles. The largest absolute Gasteiger partial charge is 0.226 e. The maximum atomic E-state index is 14.5. The molecule has 0 spiro atoms. The zero-order chi connectivity index (χ0) is 22.0. The molecule has 31 heavy (non-hydrogen) atoms. The van der Waals surface area contributed by atoms with Crippen molar-refractivity contribution in [1.29, 1.82) is 0 Å². The molecule has 168 valence electrons. The van der Waals surface area contributed by atoms with Gasteiger partial charge in [-0.3, -0.25) is 0 Å². The summed E-state index contributed by atoms with van der Waals surface area (Å²) < 4.78 is 56.0. The fraction of sp³-hybridized carbons (Fsp3) is 0.520. The molecule has 0 amide bonds. The Balaban J connectivity index is 2.05. The molecule has 0 aliphatic heterocycles. The van der Waals surface area contributed by atoms with Gasteiger partial charge in [0, 0.05) is 0 Å². The van der Waals surface area contributed by atoms with E-state index in [1.807, 2.05) is 0 Å². The lowest BCUT2D eigenvalue weighted by molar-refractivity contribution is 0.464. The van der Waals surface area contributed by atoms with Gasteiger partial charge in [0.1, 0.15) is 0 Å². The van der Waals surface area contributed by atoms with Crippen molar-refractivity contribution in [2.45, 2.75) is 78.8 Å². The number of rotatable bonds is 6. The fourth-order valence-electron chi connectivity index (χ4n) is 5.52. The molecule has 4 nitrogen and oxygen atoms in total. The lowest BCUT2D eigenvalue weighted by Gasteiger charge is -2.41. The van der Waals surface area contributed by atoms with E-state index in [1.165, 1.54) is 0 Å². The summed E-state index contributed by atoms with van der Waals surface area (Å²) in [5.41, 5.74) is 0.717. The molecule has 0 radical (unpaired) electrons. The van der Waals surface area contributed by atoms with E-state index < -0.39 is 34.3 Å². The molecule has 2 saturated carbocycles. The molecule has 6 heteroatoms. The van der Waals surface area contributed by atoms with Crippen LogP contribution in [-0.2, 0) is 23.8 Å². The Hall–Kier alpha value is -1.66. The molecule has 0 unspecified atom stereocenters. The van der Waals surface area contributed by atoms with Crippen LogP contribution >= 0.6 is 0 Å². The van der Waals surface area contributed by atoms with Crippen LogP contribution in [0.3, 0.4) is 0 Å². The lowest BCUT2D eigenvalue weighted by Crippen LogP contribution is -2.53. The predicted molar refractivity (Wildman–Crippen MR) is 125 cm³/mol. The Labute approximate surface area is 186 Å². The zero-order valence-corrected chi connectivity index (χ0v) is 19.6. The quantitative estimate of drug-likeness (QED) is 0.580. The Morgan fingerprint density at radius 3 is 1.16 bits per heavy atom. The molecule has 0 heterocycles. The Kier molecular flexibility index (Phi) is 6.59. The molecule has 2 fully saturated rings. The van der Waals surface area contributed by atoms with Crippen LogP contribution in [0.15, 0.2) is 60.7 Å². The SMILES string of the molecule is O=S(=O)(C1CCCCC1)C(c1ccccc1)(c1ccccc1)S(=O)(=O)C1CCCCC1. The summed E-state index contributed by atoms with van der Waals surface area (Å²) in [7, 11) is -8.17. The number of hydrogen-bond acceptors (Lipinski definition) is 4. The second-order valence-corrected chi connectivity index (χ2v) is 14.0. The first-order chi connectivity index (χ1) is 14.9. The lowest BCUT2D eigenvalue weighted by atomic mass is 10.00. The van der Waals surface area contributed by atoms with Crippen LogP contribution in [0.25, 0.3) is 0 Å². The second kappa shape index (κ2) is 9.07. The van der Waals surface area contributed by atoms with E-state index in [0.717, 1.165) is 38.5 Å². The molecular weight excluding hydrogens is 428 g/mol. The third-order valence-electron chi connectivity index (χ3n) is 7.09. The first-order valence-electron chi connectivity index (χ1n) is 11.5. The van der Waals surface area contributed by atoms with Crippen molar-refractivity contribution in [2.24, 2.45) is 0 Å². The smallest absolute Gasteiger partial charge is 0.223 e. The van der Waals surface area contributed by atoms with Crippen LogP contribution in [0.1, 0.15) is 75.3 Å². The fourth-order valence-corrected chi connectivity index (χ4v) is 12.3. The van der Waals surface area contributed by atoms with Crippen molar-refractivity contribution in [2.75, 3.05) is 0 Å². The summed E-state index contributed by atoms with van der Waals surface area (Å²) in [5.74, 6) is 0. The molecule has 2 aromatic carbocycles. The van der Waals surface area contributed by atoms with Gasteiger partial charge in [0.2, 0.25) is 4.08 Å². The van der Waals surface area contributed by atoms with E-state index in [-0.39, 0.29) is 0 Å². The molecule has 0 saturated heterocycles. The third-order valence-corrected chi connectivity index (χ3v) is 13.7. The summed E-state index contributed by atoms with van der Waals surface area (Å²) >= 11 is 0. The van der Waals surface area contributed by atoms with Crippen molar-refractivity contribution in [3.63, 3.8) is 0 Å². The van der Waals surface area contributed by atoms with E-state index in [0.29, 0.717) is 36.8 Å². The Bertz CT molecular complexity index is 975. The van der Waals surface area contributed by atoms with Gasteiger partial charge in [-0.2, -0.15) is 0 Å². The highest BCUT2D eigenvalue weighted by molar-refractivity contribution is 8.10. The van der Waals surface area contributed by atoms with Gasteiger partial charge < -0.3 is 0 Å². The van der Waals surface area contributed by atoms with Crippen molar-refractivity contribution in [3.8, 4) is 0 Å². The predicted octanol–water partition coefficient (Wildman–Crippen LogP) is 5.38. The van der Waals surface area contributed by atoms with E-state index in [4.69, 9.17) is 0 Å². The minimum absolute atomic E-state index is 0.359. The highest BCUT2D eigenvalue weighted by Gasteiger charge is 2.61. The maximum Gasteiger partial charge on any atom is 0.223 e. The van der Waals surface area contributed by atoms with Crippen LogP contribution in [-0.4, -0.2) is 27.3 Å². The molecule has 0 N–H and O–H groups in total. The summed E-state index contributed by atoms with van der Waals surface area (Å²) in [6, 6.07) is 17.4. The van der Waals surface area contributed by atoms with Crippen LogP contribution in [0.2, 0.25) is 0 Å². The van der Waals surface area contributed by atoms with Gasteiger partial charge in [-0.1, -0.05) is 99.2 Å². The molecule has 2 aliphatic rings. The van der Waals surface area contributed by atoms with E-state index in [9.17, 15) is 16.8 Å². The normalized spacial score (nSPS) is 19.9. The topological polar surface area (TPSA) is 68.3 Å². The second-order valence-electron chi connectivity index (χ2n) is 8.96. The summed E-state index contributed by atoms with van der Waals surface area (Å²) in [6.45, 7) is 0. The molecule has 0 aromatic heterocycles. The average Bonchev–Trinajstić information content (AvgIpc) is 2.82. The van der Waals surface area contributed by atoms with Crippen LogP contribution in [0, 0.1) is 0 Å². The van der Waals surface area contributed by atoms with Crippen LogP contribution < -0.4 is 0 Å². The van der Waals surface area contributed by atoms with Gasteiger partial charge >= 0.3 is 0 Å². The molecule has 0 atom stereocenters. The van der Waals surface area contributed by atoms with Gasteiger partial charge in [0.15, 0.2) is 19.7 Å². The minimum atomic E-state index is -4.09. The summed E-state index contributed by atoms with van der Waals surface area (Å²) in [5, 5.41) is -1.28. The average molecular weight is 461 g/mol. The van der Waals surface area contributed by atoms with Gasteiger partial charge in [-0.05, 0) is 36.8 Å². The van der Waals surface area contributed by atoms with Crippen molar-refractivity contribution in [1.82, 2.24) is 0 Å². The van der Waals surface area contributed by atoms with Crippen LogP contribution in [0.4, 0.5) is 0 Å². The van der Waals surface area contributed by atoms with Gasteiger partial charge in [0.25, 0.3) is 0 Å².